The smallest absolute Gasteiger partial charge is 0.0169 e. The van der Waals surface area contributed by atoms with E-state index in [1.807, 2.05) is 0 Å². The quantitative estimate of drug-likeness (QED) is 0.210. The second kappa shape index (κ2) is 21.4. The summed E-state index contributed by atoms with van der Waals surface area (Å²) in [6.07, 6.45) is 38.6. The fourth-order valence-corrected chi connectivity index (χ4v) is 2.15. The van der Waals surface area contributed by atoms with Crippen LogP contribution < -0.4 is 0 Å². The summed E-state index contributed by atoms with van der Waals surface area (Å²) < 4.78 is 0. The third-order valence-electron chi connectivity index (χ3n) is 3.57. The van der Waals surface area contributed by atoms with Gasteiger partial charge in [-0.1, -0.05) is 99.6 Å². The van der Waals surface area contributed by atoms with E-state index in [9.17, 15) is 0 Å². The Bertz CT molecular complexity index is 402. The molecule has 0 aromatic carbocycles. The Labute approximate surface area is 151 Å². The third-order valence-corrected chi connectivity index (χ3v) is 3.57. The first kappa shape index (κ1) is 22.4. The first-order chi connectivity index (χ1) is 11.9. The molecular weight excluding hydrogens is 288 g/mol. The normalized spacial score (nSPS) is 13.2. The van der Waals surface area contributed by atoms with Crippen molar-refractivity contribution in [2.24, 2.45) is 0 Å². The van der Waals surface area contributed by atoms with Gasteiger partial charge in [-0.2, -0.15) is 0 Å². The van der Waals surface area contributed by atoms with Gasteiger partial charge in [-0.05, 0) is 51.4 Å². The van der Waals surface area contributed by atoms with Crippen molar-refractivity contribution in [3.05, 3.63) is 72.9 Å². The van der Waals surface area contributed by atoms with Crippen molar-refractivity contribution < 1.29 is 0 Å². The summed E-state index contributed by atoms with van der Waals surface area (Å²) in [5.41, 5.74) is 0. The van der Waals surface area contributed by atoms with Crippen molar-refractivity contribution in [2.45, 2.75) is 78.1 Å². The van der Waals surface area contributed by atoms with Crippen LogP contribution in [0.2, 0.25) is 0 Å². The molecule has 24 heavy (non-hydrogen) atoms. The molecule has 0 N–H and O–H groups in total. The molecule has 0 radical (unpaired) electrons. The molecule has 0 aliphatic rings. The lowest BCUT2D eigenvalue weighted by Crippen LogP contribution is -1.70. The molecule has 0 bridgehead atoms. The van der Waals surface area contributed by atoms with E-state index in [0.29, 0.717) is 0 Å². The van der Waals surface area contributed by atoms with Gasteiger partial charge in [0.1, 0.15) is 0 Å². The maximum Gasteiger partial charge on any atom is -0.0169 e. The van der Waals surface area contributed by atoms with Gasteiger partial charge in [0.15, 0.2) is 0 Å². The average Bonchev–Trinajstić information content (AvgIpc) is 2.60. The van der Waals surface area contributed by atoms with Gasteiger partial charge in [-0.3, -0.25) is 0 Å². The zero-order valence-electron chi connectivity index (χ0n) is 16.0. The minimum Gasteiger partial charge on any atom is -0.0885 e. The number of allylic oxidation sites excluding steroid dienone is 12. The average molecular weight is 327 g/mol. The first-order valence-corrected chi connectivity index (χ1v) is 9.81. The minimum atomic E-state index is 1.04. The fraction of sp³-hybridized carbons (Fsp3) is 0.500. The summed E-state index contributed by atoms with van der Waals surface area (Å²) in [5.74, 6) is 0. The molecule has 0 heterocycles. The van der Waals surface area contributed by atoms with E-state index in [-0.39, 0.29) is 0 Å². The molecule has 0 heteroatoms. The largest absolute Gasteiger partial charge is 0.0885 e. The highest BCUT2D eigenvalue weighted by Crippen LogP contribution is 2.01. The van der Waals surface area contributed by atoms with Gasteiger partial charge >= 0.3 is 0 Å². The van der Waals surface area contributed by atoms with Crippen molar-refractivity contribution in [1.82, 2.24) is 0 Å². The Balaban J connectivity index is 3.46. The van der Waals surface area contributed by atoms with Gasteiger partial charge in [-0.25, -0.2) is 0 Å². The number of unbranched alkanes of at least 4 members (excludes halogenated alkanes) is 3. The van der Waals surface area contributed by atoms with Crippen LogP contribution in [-0.4, -0.2) is 0 Å². The Hall–Kier alpha value is -1.56. The molecule has 0 spiro atoms. The predicted octanol–water partition coefficient (Wildman–Crippen LogP) is 8.26. The lowest BCUT2D eigenvalue weighted by atomic mass is 10.2. The molecule has 0 saturated carbocycles. The van der Waals surface area contributed by atoms with Crippen LogP contribution in [0.15, 0.2) is 72.9 Å². The summed E-state index contributed by atoms with van der Waals surface area (Å²) in [4.78, 5) is 0. The zero-order chi connectivity index (χ0) is 17.6. The molecule has 0 amide bonds. The van der Waals surface area contributed by atoms with E-state index in [2.05, 4.69) is 86.8 Å². The summed E-state index contributed by atoms with van der Waals surface area (Å²) in [5, 5.41) is 0. The molecule has 0 aromatic heterocycles. The summed E-state index contributed by atoms with van der Waals surface area (Å²) >= 11 is 0. The Morgan fingerprint density at radius 3 is 1.17 bits per heavy atom. The van der Waals surface area contributed by atoms with Gasteiger partial charge in [0, 0.05) is 0 Å². The van der Waals surface area contributed by atoms with Crippen LogP contribution in [0.25, 0.3) is 0 Å². The second-order valence-corrected chi connectivity index (χ2v) is 5.91. The zero-order valence-corrected chi connectivity index (χ0v) is 16.0. The summed E-state index contributed by atoms with van der Waals surface area (Å²) in [7, 11) is 0. The standard InChI is InChI=1S/C24H38/c1-3-5-7-9-11-13-15-17-19-21-23-24-22-20-18-16-14-12-10-8-6-4-2/h5,7,11-14,17-20,23-24H,3-4,6,8-10,15-16,21-22H2,1-2H3/b7-5-,13-11-,14-12-,19-17-,20-18-,24-23-. The number of hydrogen-bond donors (Lipinski definition) is 0. The minimum absolute atomic E-state index is 1.04. The lowest BCUT2D eigenvalue weighted by molar-refractivity contribution is 0.728. The van der Waals surface area contributed by atoms with Crippen LogP contribution in [0.5, 0.6) is 0 Å². The van der Waals surface area contributed by atoms with E-state index >= 15 is 0 Å². The van der Waals surface area contributed by atoms with Crippen molar-refractivity contribution in [1.29, 1.82) is 0 Å². The maximum absolute atomic E-state index is 2.31. The van der Waals surface area contributed by atoms with E-state index in [1.54, 1.807) is 0 Å². The SMILES string of the molecule is CC/C=C\C/C=C\C/C=C\C/C=C\C/C=C\C/C=C\CCCCC. The first-order valence-electron chi connectivity index (χ1n) is 9.81. The van der Waals surface area contributed by atoms with Crippen molar-refractivity contribution in [2.75, 3.05) is 0 Å². The van der Waals surface area contributed by atoms with Crippen LogP contribution in [0.1, 0.15) is 78.1 Å². The van der Waals surface area contributed by atoms with Crippen LogP contribution in [-0.2, 0) is 0 Å². The molecule has 0 nitrogen and oxygen atoms in total. The fourth-order valence-electron chi connectivity index (χ4n) is 2.15. The Morgan fingerprint density at radius 1 is 0.417 bits per heavy atom. The highest BCUT2D eigenvalue weighted by Gasteiger charge is 1.80. The number of hydrogen-bond acceptors (Lipinski definition) is 0. The van der Waals surface area contributed by atoms with Gasteiger partial charge in [0.05, 0.1) is 0 Å². The molecule has 0 aliphatic heterocycles. The van der Waals surface area contributed by atoms with E-state index in [4.69, 9.17) is 0 Å². The third kappa shape index (κ3) is 20.4. The van der Waals surface area contributed by atoms with Gasteiger partial charge in [-0.15, -0.1) is 0 Å². The van der Waals surface area contributed by atoms with Crippen molar-refractivity contribution in [3.63, 3.8) is 0 Å². The van der Waals surface area contributed by atoms with Crippen LogP contribution in [0.4, 0.5) is 0 Å². The molecule has 0 atom stereocenters. The van der Waals surface area contributed by atoms with Crippen molar-refractivity contribution in [3.8, 4) is 0 Å². The molecule has 0 saturated heterocycles. The predicted molar refractivity (Wildman–Crippen MR) is 112 cm³/mol. The van der Waals surface area contributed by atoms with Gasteiger partial charge in [0.2, 0.25) is 0 Å². The highest BCUT2D eigenvalue weighted by molar-refractivity contribution is 5.01. The van der Waals surface area contributed by atoms with E-state index in [1.165, 1.54) is 25.7 Å². The maximum atomic E-state index is 2.31. The molecule has 0 unspecified atom stereocenters. The van der Waals surface area contributed by atoms with Gasteiger partial charge < -0.3 is 0 Å². The summed E-state index contributed by atoms with van der Waals surface area (Å²) in [6, 6.07) is 0. The molecule has 134 valence electrons. The van der Waals surface area contributed by atoms with E-state index in [0.717, 1.165) is 38.5 Å². The highest BCUT2D eigenvalue weighted by atomic mass is 13.9. The molecule has 0 aliphatic carbocycles. The van der Waals surface area contributed by atoms with Crippen molar-refractivity contribution >= 4 is 0 Å². The Morgan fingerprint density at radius 2 is 0.792 bits per heavy atom. The van der Waals surface area contributed by atoms with Crippen LogP contribution in [0.3, 0.4) is 0 Å². The topological polar surface area (TPSA) is 0 Å². The second-order valence-electron chi connectivity index (χ2n) is 5.91. The van der Waals surface area contributed by atoms with Crippen LogP contribution >= 0.6 is 0 Å². The van der Waals surface area contributed by atoms with Gasteiger partial charge in [0.25, 0.3) is 0 Å². The monoisotopic (exact) mass is 326 g/mol. The molecule has 0 rings (SSSR count). The Kier molecular flexibility index (Phi) is 20.0. The molecule has 0 aromatic rings. The van der Waals surface area contributed by atoms with E-state index < -0.39 is 0 Å². The molecular formula is C24H38. The van der Waals surface area contributed by atoms with Crippen LogP contribution in [0, 0.1) is 0 Å². The lowest BCUT2D eigenvalue weighted by Gasteiger charge is -1.90. The molecule has 0 fully saturated rings. The summed E-state index contributed by atoms with van der Waals surface area (Å²) in [6.45, 7) is 4.42. The number of rotatable bonds is 15.